The van der Waals surface area contributed by atoms with Gasteiger partial charge in [0.05, 0.1) is 0 Å². The van der Waals surface area contributed by atoms with E-state index in [1.165, 1.54) is 27.5 Å². The lowest BCUT2D eigenvalue weighted by atomic mass is 9.99. The lowest BCUT2D eigenvalue weighted by Crippen LogP contribution is -1.84. The molecule has 0 heteroatoms. The zero-order valence-electron chi connectivity index (χ0n) is 8.67. The summed E-state index contributed by atoms with van der Waals surface area (Å²) in [6, 6.07) is 10.8. The van der Waals surface area contributed by atoms with Crippen LogP contribution in [0.2, 0.25) is 0 Å². The molecule has 0 aliphatic heterocycles. The van der Waals surface area contributed by atoms with E-state index in [2.05, 4.69) is 50.8 Å². The van der Waals surface area contributed by atoms with E-state index in [9.17, 15) is 0 Å². The average Bonchev–Trinajstić information content (AvgIpc) is 2.23. The Labute approximate surface area is 84.9 Å². The van der Waals surface area contributed by atoms with Gasteiger partial charge in [0.1, 0.15) is 0 Å². The highest BCUT2D eigenvalue weighted by atomic mass is 14.0. The van der Waals surface area contributed by atoms with Crippen LogP contribution in [0.4, 0.5) is 0 Å². The molecule has 14 heavy (non-hydrogen) atoms. The van der Waals surface area contributed by atoms with Gasteiger partial charge in [-0.2, -0.15) is 0 Å². The Morgan fingerprint density at radius 1 is 1.07 bits per heavy atom. The zero-order valence-corrected chi connectivity index (χ0v) is 8.67. The van der Waals surface area contributed by atoms with E-state index in [4.69, 9.17) is 0 Å². The lowest BCUT2D eigenvalue weighted by molar-refractivity contribution is 1.38. The van der Waals surface area contributed by atoms with Gasteiger partial charge in [0.15, 0.2) is 0 Å². The van der Waals surface area contributed by atoms with Gasteiger partial charge in [-0.15, -0.1) is 0 Å². The fraction of sp³-hybridized carbons (Fsp3) is 0.143. The molecule has 0 aliphatic rings. The molecule has 0 atom stereocenters. The van der Waals surface area contributed by atoms with Crippen LogP contribution in [0.15, 0.2) is 36.9 Å². The van der Waals surface area contributed by atoms with Crippen molar-refractivity contribution < 1.29 is 0 Å². The first-order valence-electron chi connectivity index (χ1n) is 4.85. The molecule has 0 saturated heterocycles. The van der Waals surface area contributed by atoms with Crippen LogP contribution in [0, 0.1) is 13.8 Å². The summed E-state index contributed by atoms with van der Waals surface area (Å²) in [5.74, 6) is 0. The minimum atomic E-state index is 1.19. The van der Waals surface area contributed by atoms with Crippen molar-refractivity contribution in [2.45, 2.75) is 13.8 Å². The molecule has 2 rings (SSSR count). The Balaban J connectivity index is 2.84. The molecule has 0 saturated carbocycles. The van der Waals surface area contributed by atoms with Gasteiger partial charge in [0.25, 0.3) is 0 Å². The number of rotatable bonds is 1. The first-order valence-corrected chi connectivity index (χ1v) is 4.85. The monoisotopic (exact) mass is 182 g/mol. The van der Waals surface area contributed by atoms with Gasteiger partial charge in [-0.05, 0) is 47.4 Å². The number of benzene rings is 2. The SMILES string of the molecule is C=Cc1ccc2ccc(C)c(C)c2c1. The van der Waals surface area contributed by atoms with Crippen LogP contribution < -0.4 is 0 Å². The summed E-state index contributed by atoms with van der Waals surface area (Å²) in [5, 5.41) is 2.64. The number of hydrogen-bond acceptors (Lipinski definition) is 0. The number of fused-ring (bicyclic) bond motifs is 1. The van der Waals surface area contributed by atoms with Crippen molar-refractivity contribution in [3.05, 3.63) is 53.6 Å². The van der Waals surface area contributed by atoms with Crippen molar-refractivity contribution in [1.29, 1.82) is 0 Å². The molecule has 0 nitrogen and oxygen atoms in total. The van der Waals surface area contributed by atoms with Crippen LogP contribution in [0.3, 0.4) is 0 Å². The van der Waals surface area contributed by atoms with Crippen molar-refractivity contribution in [1.82, 2.24) is 0 Å². The summed E-state index contributed by atoms with van der Waals surface area (Å²) in [6.07, 6.45) is 1.89. The second kappa shape index (κ2) is 3.30. The molecule has 2 aromatic carbocycles. The molecule has 0 spiro atoms. The highest BCUT2D eigenvalue weighted by Crippen LogP contribution is 2.22. The van der Waals surface area contributed by atoms with Gasteiger partial charge in [-0.3, -0.25) is 0 Å². The van der Waals surface area contributed by atoms with Gasteiger partial charge in [0, 0.05) is 0 Å². The van der Waals surface area contributed by atoms with Gasteiger partial charge < -0.3 is 0 Å². The third kappa shape index (κ3) is 1.33. The topological polar surface area (TPSA) is 0 Å². The van der Waals surface area contributed by atoms with E-state index < -0.39 is 0 Å². The van der Waals surface area contributed by atoms with Crippen molar-refractivity contribution in [3.63, 3.8) is 0 Å². The molecule has 70 valence electrons. The molecular formula is C14H14. The molecule has 2 aromatic rings. The smallest absolute Gasteiger partial charge is 0.0146 e. The van der Waals surface area contributed by atoms with Gasteiger partial charge in [0.2, 0.25) is 0 Å². The molecular weight excluding hydrogens is 168 g/mol. The van der Waals surface area contributed by atoms with E-state index in [1.54, 1.807) is 0 Å². The Hall–Kier alpha value is -1.56. The van der Waals surface area contributed by atoms with Crippen molar-refractivity contribution in [2.75, 3.05) is 0 Å². The molecule has 0 aliphatic carbocycles. The third-order valence-corrected chi connectivity index (χ3v) is 2.82. The van der Waals surface area contributed by atoms with Crippen LogP contribution in [0.1, 0.15) is 16.7 Å². The van der Waals surface area contributed by atoms with E-state index in [0.29, 0.717) is 0 Å². The fourth-order valence-electron chi connectivity index (χ4n) is 1.72. The van der Waals surface area contributed by atoms with Crippen molar-refractivity contribution >= 4 is 16.8 Å². The van der Waals surface area contributed by atoms with Crippen LogP contribution in [0.25, 0.3) is 16.8 Å². The second-order valence-electron chi connectivity index (χ2n) is 3.69. The summed E-state index contributed by atoms with van der Waals surface area (Å²) in [7, 11) is 0. The van der Waals surface area contributed by atoms with Crippen LogP contribution in [-0.2, 0) is 0 Å². The minimum Gasteiger partial charge on any atom is -0.0985 e. The molecule has 0 bridgehead atoms. The Morgan fingerprint density at radius 2 is 1.79 bits per heavy atom. The molecule has 0 radical (unpaired) electrons. The maximum absolute atomic E-state index is 3.79. The summed E-state index contributed by atoms with van der Waals surface area (Å²) in [6.45, 7) is 8.11. The summed E-state index contributed by atoms with van der Waals surface area (Å²) in [5.41, 5.74) is 3.90. The Kier molecular flexibility index (Phi) is 2.12. The zero-order chi connectivity index (χ0) is 10.1. The van der Waals surface area contributed by atoms with Gasteiger partial charge in [-0.25, -0.2) is 0 Å². The number of hydrogen-bond donors (Lipinski definition) is 0. The van der Waals surface area contributed by atoms with Crippen LogP contribution >= 0.6 is 0 Å². The molecule has 0 amide bonds. The van der Waals surface area contributed by atoms with E-state index in [0.717, 1.165) is 0 Å². The predicted molar refractivity (Wildman–Crippen MR) is 63.5 cm³/mol. The number of aryl methyl sites for hydroxylation is 2. The fourth-order valence-corrected chi connectivity index (χ4v) is 1.72. The van der Waals surface area contributed by atoms with E-state index >= 15 is 0 Å². The Morgan fingerprint density at radius 3 is 2.50 bits per heavy atom. The quantitative estimate of drug-likeness (QED) is 0.623. The normalized spacial score (nSPS) is 10.4. The van der Waals surface area contributed by atoms with E-state index in [1.807, 2.05) is 6.08 Å². The maximum Gasteiger partial charge on any atom is -0.0146 e. The molecule has 0 heterocycles. The standard InChI is InChI=1S/C14H14/c1-4-12-6-8-13-7-5-10(2)11(3)14(13)9-12/h4-9H,1H2,2-3H3. The van der Waals surface area contributed by atoms with Crippen molar-refractivity contribution in [2.24, 2.45) is 0 Å². The summed E-state index contributed by atoms with van der Waals surface area (Å²) >= 11 is 0. The van der Waals surface area contributed by atoms with Crippen LogP contribution in [0.5, 0.6) is 0 Å². The Bertz CT molecular complexity index is 493. The molecule has 0 fully saturated rings. The minimum absolute atomic E-state index is 1.19. The first kappa shape index (κ1) is 9.01. The average molecular weight is 182 g/mol. The van der Waals surface area contributed by atoms with Crippen LogP contribution in [-0.4, -0.2) is 0 Å². The molecule has 0 unspecified atom stereocenters. The summed E-state index contributed by atoms with van der Waals surface area (Å²) < 4.78 is 0. The highest BCUT2D eigenvalue weighted by molar-refractivity contribution is 5.88. The summed E-state index contributed by atoms with van der Waals surface area (Å²) in [4.78, 5) is 0. The largest absolute Gasteiger partial charge is 0.0985 e. The third-order valence-electron chi connectivity index (χ3n) is 2.82. The lowest BCUT2D eigenvalue weighted by Gasteiger charge is -2.06. The predicted octanol–water partition coefficient (Wildman–Crippen LogP) is 4.10. The first-order chi connectivity index (χ1) is 6.72. The van der Waals surface area contributed by atoms with E-state index in [-0.39, 0.29) is 0 Å². The van der Waals surface area contributed by atoms with Crippen molar-refractivity contribution in [3.8, 4) is 0 Å². The van der Waals surface area contributed by atoms with Gasteiger partial charge >= 0.3 is 0 Å². The second-order valence-corrected chi connectivity index (χ2v) is 3.69. The molecule has 0 aromatic heterocycles. The highest BCUT2D eigenvalue weighted by Gasteiger charge is 1.99. The molecule has 0 N–H and O–H groups in total. The van der Waals surface area contributed by atoms with Gasteiger partial charge in [-0.1, -0.05) is 36.9 Å². The maximum atomic E-state index is 3.79.